The normalized spacial score (nSPS) is 40.6. The fourth-order valence-corrected chi connectivity index (χ4v) is 3.53. The van der Waals surface area contributed by atoms with Crippen LogP contribution in [0, 0.1) is 11.8 Å². The molecular formula is C14H24O3. The fourth-order valence-electron chi connectivity index (χ4n) is 3.53. The summed E-state index contributed by atoms with van der Waals surface area (Å²) in [7, 11) is 1.44. The van der Waals surface area contributed by atoms with Crippen molar-refractivity contribution >= 4 is 5.97 Å². The van der Waals surface area contributed by atoms with Gasteiger partial charge >= 0.3 is 5.97 Å². The van der Waals surface area contributed by atoms with E-state index in [2.05, 4.69) is 13.8 Å². The second-order valence-electron chi connectivity index (χ2n) is 6.21. The summed E-state index contributed by atoms with van der Waals surface area (Å²) >= 11 is 0. The minimum atomic E-state index is -0.669. The van der Waals surface area contributed by atoms with Crippen LogP contribution in [0.3, 0.4) is 0 Å². The summed E-state index contributed by atoms with van der Waals surface area (Å²) in [4.78, 5) is 11.8. The quantitative estimate of drug-likeness (QED) is 0.562. The molecule has 1 spiro atoms. The molecule has 1 aliphatic heterocycles. The Morgan fingerprint density at radius 1 is 1.53 bits per heavy atom. The van der Waals surface area contributed by atoms with Crippen LogP contribution >= 0.6 is 0 Å². The molecule has 0 aromatic rings. The molecule has 98 valence electrons. The third-order valence-corrected chi connectivity index (χ3v) is 4.42. The van der Waals surface area contributed by atoms with Gasteiger partial charge in [0.05, 0.1) is 7.11 Å². The summed E-state index contributed by atoms with van der Waals surface area (Å²) < 4.78 is 10.7. The molecule has 0 aromatic heterocycles. The zero-order valence-electron chi connectivity index (χ0n) is 11.4. The molecule has 3 atom stereocenters. The van der Waals surface area contributed by atoms with Crippen molar-refractivity contribution in [2.45, 2.75) is 64.1 Å². The lowest BCUT2D eigenvalue weighted by Gasteiger charge is -2.29. The molecule has 3 heteroatoms. The van der Waals surface area contributed by atoms with Crippen LogP contribution in [0.4, 0.5) is 0 Å². The van der Waals surface area contributed by atoms with Crippen LogP contribution in [-0.4, -0.2) is 24.3 Å². The van der Waals surface area contributed by atoms with Crippen molar-refractivity contribution in [3.05, 3.63) is 0 Å². The highest BCUT2D eigenvalue weighted by Crippen LogP contribution is 2.58. The highest BCUT2D eigenvalue weighted by atomic mass is 16.7. The van der Waals surface area contributed by atoms with E-state index in [0.29, 0.717) is 5.92 Å². The van der Waals surface area contributed by atoms with E-state index >= 15 is 0 Å². The SMILES string of the molecule is COC(=O)C1(C)OC12CCCC(CC(C)C)C2. The van der Waals surface area contributed by atoms with Gasteiger partial charge in [-0.05, 0) is 38.0 Å². The van der Waals surface area contributed by atoms with Crippen molar-refractivity contribution in [1.29, 1.82) is 0 Å². The van der Waals surface area contributed by atoms with Crippen LogP contribution < -0.4 is 0 Å². The predicted octanol–water partition coefficient (Wildman–Crippen LogP) is 2.92. The van der Waals surface area contributed by atoms with Crippen LogP contribution in [0.15, 0.2) is 0 Å². The van der Waals surface area contributed by atoms with Gasteiger partial charge in [0.25, 0.3) is 0 Å². The van der Waals surface area contributed by atoms with Gasteiger partial charge in [0.15, 0.2) is 5.60 Å². The van der Waals surface area contributed by atoms with Crippen molar-refractivity contribution in [2.24, 2.45) is 11.8 Å². The van der Waals surface area contributed by atoms with E-state index < -0.39 is 5.60 Å². The highest BCUT2D eigenvalue weighted by molar-refractivity contribution is 5.84. The van der Waals surface area contributed by atoms with Gasteiger partial charge in [0.2, 0.25) is 0 Å². The van der Waals surface area contributed by atoms with Crippen LogP contribution in [0.1, 0.15) is 52.9 Å². The lowest BCUT2D eigenvalue weighted by molar-refractivity contribution is -0.146. The zero-order valence-corrected chi connectivity index (χ0v) is 11.4. The Morgan fingerprint density at radius 3 is 2.82 bits per heavy atom. The first kappa shape index (κ1) is 12.9. The van der Waals surface area contributed by atoms with E-state index in [1.807, 2.05) is 6.92 Å². The topological polar surface area (TPSA) is 38.8 Å². The van der Waals surface area contributed by atoms with Crippen molar-refractivity contribution < 1.29 is 14.3 Å². The van der Waals surface area contributed by atoms with Crippen molar-refractivity contribution in [3.8, 4) is 0 Å². The molecular weight excluding hydrogens is 216 g/mol. The molecule has 0 amide bonds. The predicted molar refractivity (Wildman–Crippen MR) is 65.7 cm³/mol. The molecule has 3 nitrogen and oxygen atoms in total. The third kappa shape index (κ3) is 2.10. The number of esters is 1. The number of methoxy groups -OCH3 is 1. The van der Waals surface area contributed by atoms with E-state index in [4.69, 9.17) is 9.47 Å². The summed E-state index contributed by atoms with van der Waals surface area (Å²) in [5, 5.41) is 0. The smallest absolute Gasteiger partial charge is 0.340 e. The standard InChI is InChI=1S/C14H24O3/c1-10(2)8-11-6-5-7-14(9-11)13(3,17-14)12(15)16-4/h10-11H,5-9H2,1-4H3. The molecule has 1 aliphatic carbocycles. The maximum atomic E-state index is 11.8. The first-order valence-electron chi connectivity index (χ1n) is 6.72. The van der Waals surface area contributed by atoms with Crippen molar-refractivity contribution in [2.75, 3.05) is 7.11 Å². The zero-order chi connectivity index (χ0) is 12.7. The molecule has 0 bridgehead atoms. The number of carbonyl (C=O) groups is 1. The van der Waals surface area contributed by atoms with E-state index in [1.54, 1.807) is 0 Å². The summed E-state index contributed by atoms with van der Waals surface area (Å²) in [6, 6.07) is 0. The molecule has 17 heavy (non-hydrogen) atoms. The molecule has 0 N–H and O–H groups in total. The molecule has 2 fully saturated rings. The third-order valence-electron chi connectivity index (χ3n) is 4.42. The maximum Gasteiger partial charge on any atom is 0.340 e. The Morgan fingerprint density at radius 2 is 2.24 bits per heavy atom. The van der Waals surface area contributed by atoms with Gasteiger partial charge < -0.3 is 9.47 Å². The van der Waals surface area contributed by atoms with E-state index in [1.165, 1.54) is 26.4 Å². The largest absolute Gasteiger partial charge is 0.467 e. The fraction of sp³-hybridized carbons (Fsp3) is 0.929. The van der Waals surface area contributed by atoms with E-state index in [0.717, 1.165) is 18.8 Å². The number of ether oxygens (including phenoxy) is 2. The van der Waals surface area contributed by atoms with Gasteiger partial charge in [-0.25, -0.2) is 4.79 Å². The van der Waals surface area contributed by atoms with Crippen molar-refractivity contribution in [1.82, 2.24) is 0 Å². The number of hydrogen-bond donors (Lipinski definition) is 0. The molecule has 2 aliphatic rings. The summed E-state index contributed by atoms with van der Waals surface area (Å²) in [5.74, 6) is 1.22. The molecule has 1 saturated heterocycles. The molecule has 3 unspecified atom stereocenters. The minimum absolute atomic E-state index is 0.206. The van der Waals surface area contributed by atoms with Crippen LogP contribution in [-0.2, 0) is 14.3 Å². The first-order chi connectivity index (χ1) is 7.93. The van der Waals surface area contributed by atoms with Crippen LogP contribution in [0.5, 0.6) is 0 Å². The second kappa shape index (κ2) is 4.27. The Kier molecular flexibility index (Phi) is 3.23. The van der Waals surface area contributed by atoms with Gasteiger partial charge in [-0.2, -0.15) is 0 Å². The highest BCUT2D eigenvalue weighted by Gasteiger charge is 2.72. The maximum absolute atomic E-state index is 11.8. The van der Waals surface area contributed by atoms with Gasteiger partial charge in [-0.15, -0.1) is 0 Å². The number of carbonyl (C=O) groups excluding carboxylic acids is 1. The average molecular weight is 240 g/mol. The van der Waals surface area contributed by atoms with Crippen LogP contribution in [0.2, 0.25) is 0 Å². The summed E-state index contributed by atoms with van der Waals surface area (Å²) in [5.41, 5.74) is -0.880. The first-order valence-corrected chi connectivity index (χ1v) is 6.72. The molecule has 0 aromatic carbocycles. The lowest BCUT2D eigenvalue weighted by Crippen LogP contribution is -2.36. The molecule has 0 radical (unpaired) electrons. The lowest BCUT2D eigenvalue weighted by atomic mass is 9.73. The molecule has 1 heterocycles. The number of hydrogen-bond acceptors (Lipinski definition) is 3. The van der Waals surface area contributed by atoms with Crippen molar-refractivity contribution in [3.63, 3.8) is 0 Å². The number of rotatable bonds is 3. The van der Waals surface area contributed by atoms with E-state index in [-0.39, 0.29) is 11.6 Å². The Balaban J connectivity index is 2.01. The van der Waals surface area contributed by atoms with Gasteiger partial charge in [0.1, 0.15) is 5.60 Å². The van der Waals surface area contributed by atoms with Gasteiger partial charge in [0, 0.05) is 0 Å². The average Bonchev–Trinajstić information content (AvgIpc) is 2.82. The Labute approximate surface area is 104 Å². The van der Waals surface area contributed by atoms with Gasteiger partial charge in [-0.1, -0.05) is 26.7 Å². The van der Waals surface area contributed by atoms with E-state index in [9.17, 15) is 4.79 Å². The Bertz CT molecular complexity index is 313. The monoisotopic (exact) mass is 240 g/mol. The second-order valence-corrected chi connectivity index (χ2v) is 6.21. The summed E-state index contributed by atoms with van der Waals surface area (Å²) in [6.45, 7) is 6.40. The van der Waals surface area contributed by atoms with Crippen LogP contribution in [0.25, 0.3) is 0 Å². The minimum Gasteiger partial charge on any atom is -0.467 e. The summed E-state index contributed by atoms with van der Waals surface area (Å²) in [6.07, 6.45) is 5.72. The molecule has 1 saturated carbocycles. The Hall–Kier alpha value is -0.570. The molecule has 2 rings (SSSR count). The number of epoxide rings is 1. The van der Waals surface area contributed by atoms with Gasteiger partial charge in [-0.3, -0.25) is 0 Å².